The molecule has 0 spiro atoms. The molecular weight excluding hydrogens is 304 g/mol. The van der Waals surface area contributed by atoms with E-state index in [1.54, 1.807) is 11.8 Å². The number of carbonyl (C=O) groups excluding carboxylic acids is 1. The van der Waals surface area contributed by atoms with Crippen LogP contribution in [0.3, 0.4) is 0 Å². The minimum absolute atomic E-state index is 0.128. The summed E-state index contributed by atoms with van der Waals surface area (Å²) < 4.78 is 0. The molecule has 1 heterocycles. The van der Waals surface area contributed by atoms with Crippen molar-refractivity contribution in [2.45, 2.75) is 18.4 Å². The Kier molecular flexibility index (Phi) is 4.62. The Labute approximate surface area is 142 Å². The van der Waals surface area contributed by atoms with Crippen molar-refractivity contribution in [3.8, 4) is 0 Å². The number of para-hydroxylation sites is 1. The number of carbonyl (C=O) groups is 1. The van der Waals surface area contributed by atoms with E-state index in [1.165, 1.54) is 11.3 Å². The molecule has 1 amide bonds. The van der Waals surface area contributed by atoms with Crippen LogP contribution >= 0.6 is 11.8 Å². The molecule has 0 unspecified atom stereocenters. The van der Waals surface area contributed by atoms with E-state index in [0.29, 0.717) is 6.54 Å². The second-order valence-electron chi connectivity index (χ2n) is 5.96. The van der Waals surface area contributed by atoms with Gasteiger partial charge in [0.25, 0.3) is 5.91 Å². The Morgan fingerprint density at radius 1 is 1.13 bits per heavy atom. The van der Waals surface area contributed by atoms with Crippen LogP contribution in [0.1, 0.15) is 21.5 Å². The number of benzene rings is 2. The highest BCUT2D eigenvalue weighted by molar-refractivity contribution is 7.98. The topological polar surface area (TPSA) is 23.6 Å². The van der Waals surface area contributed by atoms with Gasteiger partial charge in [-0.15, -0.1) is 11.8 Å². The Hall–Kier alpha value is -1.94. The zero-order chi connectivity index (χ0) is 16.4. The molecule has 1 aliphatic rings. The second-order valence-corrected chi connectivity index (χ2v) is 6.84. The molecule has 0 radical (unpaired) electrons. The SMILES string of the molecule is CSc1ccc(C)c(C(=O)N2CCN(C)c3ccccc3C2)c1. The van der Waals surface area contributed by atoms with E-state index in [1.807, 2.05) is 36.3 Å². The van der Waals surface area contributed by atoms with Crippen LogP contribution < -0.4 is 4.90 Å². The maximum Gasteiger partial charge on any atom is 0.254 e. The molecule has 4 heteroatoms. The van der Waals surface area contributed by atoms with Crippen molar-refractivity contribution in [3.63, 3.8) is 0 Å². The van der Waals surface area contributed by atoms with Crippen LogP contribution in [0.2, 0.25) is 0 Å². The fourth-order valence-electron chi connectivity index (χ4n) is 2.99. The Balaban J connectivity index is 1.92. The Morgan fingerprint density at radius 3 is 2.70 bits per heavy atom. The van der Waals surface area contributed by atoms with Crippen LogP contribution in [-0.4, -0.2) is 37.2 Å². The maximum absolute atomic E-state index is 13.1. The average Bonchev–Trinajstić information content (AvgIpc) is 2.74. The average molecular weight is 326 g/mol. The molecule has 3 nitrogen and oxygen atoms in total. The fourth-order valence-corrected chi connectivity index (χ4v) is 3.43. The molecule has 0 aromatic heterocycles. The third-order valence-electron chi connectivity index (χ3n) is 4.43. The number of thioether (sulfide) groups is 1. The summed E-state index contributed by atoms with van der Waals surface area (Å²) in [7, 11) is 2.09. The van der Waals surface area contributed by atoms with E-state index < -0.39 is 0 Å². The Bertz CT molecular complexity index is 729. The molecular formula is C19H22N2OS. The lowest BCUT2D eigenvalue weighted by Gasteiger charge is -2.22. The third-order valence-corrected chi connectivity index (χ3v) is 5.16. The number of fused-ring (bicyclic) bond motifs is 1. The lowest BCUT2D eigenvalue weighted by molar-refractivity contribution is 0.0751. The molecule has 0 atom stereocenters. The highest BCUT2D eigenvalue weighted by Crippen LogP contribution is 2.26. The zero-order valence-electron chi connectivity index (χ0n) is 13.9. The predicted octanol–water partition coefficient (Wildman–Crippen LogP) is 3.81. The van der Waals surface area contributed by atoms with Gasteiger partial charge in [-0.1, -0.05) is 24.3 Å². The van der Waals surface area contributed by atoms with E-state index in [9.17, 15) is 4.79 Å². The zero-order valence-corrected chi connectivity index (χ0v) is 14.7. The smallest absolute Gasteiger partial charge is 0.254 e. The van der Waals surface area contributed by atoms with Crippen molar-refractivity contribution in [1.29, 1.82) is 0 Å². The summed E-state index contributed by atoms with van der Waals surface area (Å²) in [6.45, 7) is 4.27. The van der Waals surface area contributed by atoms with Crippen LogP contribution in [0.4, 0.5) is 5.69 Å². The van der Waals surface area contributed by atoms with Gasteiger partial charge in [-0.2, -0.15) is 0 Å². The van der Waals surface area contributed by atoms with Crippen LogP contribution in [0, 0.1) is 6.92 Å². The first kappa shape index (κ1) is 15.9. The Morgan fingerprint density at radius 2 is 1.91 bits per heavy atom. The monoisotopic (exact) mass is 326 g/mol. The molecule has 0 aliphatic carbocycles. The molecule has 1 aliphatic heterocycles. The van der Waals surface area contributed by atoms with Gasteiger partial charge in [-0.05, 0) is 42.5 Å². The summed E-state index contributed by atoms with van der Waals surface area (Å²) in [5.74, 6) is 0.128. The van der Waals surface area contributed by atoms with Crippen molar-refractivity contribution in [2.75, 3.05) is 31.3 Å². The molecule has 2 aromatic carbocycles. The largest absolute Gasteiger partial charge is 0.373 e. The third kappa shape index (κ3) is 3.22. The number of anilines is 1. The van der Waals surface area contributed by atoms with Gasteiger partial charge in [0.1, 0.15) is 0 Å². The van der Waals surface area contributed by atoms with Crippen LogP contribution in [0.5, 0.6) is 0 Å². The van der Waals surface area contributed by atoms with E-state index in [-0.39, 0.29) is 5.91 Å². The van der Waals surface area contributed by atoms with Gasteiger partial charge in [0, 0.05) is 42.8 Å². The fraction of sp³-hybridized carbons (Fsp3) is 0.316. The number of aryl methyl sites for hydroxylation is 1. The second kappa shape index (κ2) is 6.67. The van der Waals surface area contributed by atoms with Gasteiger partial charge in [-0.25, -0.2) is 0 Å². The lowest BCUT2D eigenvalue weighted by Crippen LogP contribution is -2.34. The number of hydrogen-bond donors (Lipinski definition) is 0. The molecule has 0 N–H and O–H groups in total. The molecule has 120 valence electrons. The first-order valence-electron chi connectivity index (χ1n) is 7.83. The highest BCUT2D eigenvalue weighted by Gasteiger charge is 2.23. The van der Waals surface area contributed by atoms with Gasteiger partial charge in [0.05, 0.1) is 0 Å². The van der Waals surface area contributed by atoms with Crippen molar-refractivity contribution in [1.82, 2.24) is 4.90 Å². The normalized spacial score (nSPS) is 14.4. The van der Waals surface area contributed by atoms with E-state index in [2.05, 4.69) is 36.2 Å². The summed E-state index contributed by atoms with van der Waals surface area (Å²) in [5, 5.41) is 0. The lowest BCUT2D eigenvalue weighted by atomic mass is 10.1. The number of nitrogens with zero attached hydrogens (tertiary/aromatic N) is 2. The minimum atomic E-state index is 0.128. The van der Waals surface area contributed by atoms with E-state index in [4.69, 9.17) is 0 Å². The summed E-state index contributed by atoms with van der Waals surface area (Å²) in [5.41, 5.74) is 4.29. The summed E-state index contributed by atoms with van der Waals surface area (Å²) >= 11 is 1.67. The quantitative estimate of drug-likeness (QED) is 0.784. The highest BCUT2D eigenvalue weighted by atomic mass is 32.2. The van der Waals surface area contributed by atoms with Gasteiger partial charge in [0.15, 0.2) is 0 Å². The van der Waals surface area contributed by atoms with Crippen molar-refractivity contribution < 1.29 is 4.79 Å². The summed E-state index contributed by atoms with van der Waals surface area (Å²) in [4.78, 5) is 18.4. The van der Waals surface area contributed by atoms with E-state index >= 15 is 0 Å². The first-order valence-corrected chi connectivity index (χ1v) is 9.05. The number of amides is 1. The molecule has 23 heavy (non-hydrogen) atoms. The molecule has 0 saturated carbocycles. The van der Waals surface area contributed by atoms with Gasteiger partial charge >= 0.3 is 0 Å². The summed E-state index contributed by atoms with van der Waals surface area (Å²) in [6.07, 6.45) is 2.04. The molecule has 0 fully saturated rings. The van der Waals surface area contributed by atoms with Crippen molar-refractivity contribution in [3.05, 3.63) is 59.2 Å². The van der Waals surface area contributed by atoms with E-state index in [0.717, 1.165) is 29.1 Å². The maximum atomic E-state index is 13.1. The first-order chi connectivity index (χ1) is 11.1. The van der Waals surface area contributed by atoms with Crippen LogP contribution in [0.25, 0.3) is 0 Å². The minimum Gasteiger partial charge on any atom is -0.373 e. The molecule has 0 bridgehead atoms. The van der Waals surface area contributed by atoms with Crippen LogP contribution in [0.15, 0.2) is 47.4 Å². The molecule has 0 saturated heterocycles. The predicted molar refractivity (Wildman–Crippen MR) is 97.4 cm³/mol. The van der Waals surface area contributed by atoms with Crippen LogP contribution in [-0.2, 0) is 6.54 Å². The number of hydrogen-bond acceptors (Lipinski definition) is 3. The van der Waals surface area contributed by atoms with Gasteiger partial charge in [-0.3, -0.25) is 4.79 Å². The number of rotatable bonds is 2. The van der Waals surface area contributed by atoms with Crippen molar-refractivity contribution >= 4 is 23.4 Å². The molecule has 2 aromatic rings. The standard InChI is InChI=1S/C19H22N2OS/c1-14-8-9-16(23-3)12-17(14)19(22)21-11-10-20(2)18-7-5-4-6-15(18)13-21/h4-9,12H,10-11,13H2,1-3H3. The van der Waals surface area contributed by atoms with Crippen molar-refractivity contribution in [2.24, 2.45) is 0 Å². The number of likely N-dealkylation sites (N-methyl/N-ethyl adjacent to an activating group) is 1. The van der Waals surface area contributed by atoms with Gasteiger partial charge in [0.2, 0.25) is 0 Å². The molecule has 3 rings (SSSR count). The van der Waals surface area contributed by atoms with Gasteiger partial charge < -0.3 is 9.80 Å². The summed E-state index contributed by atoms with van der Waals surface area (Å²) in [6, 6.07) is 14.5.